The zero-order valence-corrected chi connectivity index (χ0v) is 12.8. The van der Waals surface area contributed by atoms with Gasteiger partial charge in [0.05, 0.1) is 6.54 Å². The second kappa shape index (κ2) is 8.48. The minimum absolute atomic E-state index is 0.0503. The van der Waals surface area contributed by atoms with E-state index in [9.17, 15) is 4.79 Å². The van der Waals surface area contributed by atoms with Crippen LogP contribution in [0.25, 0.3) is 0 Å². The van der Waals surface area contributed by atoms with Crippen LogP contribution < -0.4 is 11.1 Å². The van der Waals surface area contributed by atoms with E-state index in [0.717, 1.165) is 25.7 Å². The normalized spacial score (nSPS) is 12.2. The highest BCUT2D eigenvalue weighted by molar-refractivity contribution is 5.78. The minimum Gasteiger partial charge on any atom is -0.352 e. The first-order chi connectivity index (χ1) is 8.49. The summed E-state index contributed by atoms with van der Waals surface area (Å²) in [4.78, 5) is 14.1. The van der Waals surface area contributed by atoms with Crippen LogP contribution in [0.3, 0.4) is 0 Å². The van der Waals surface area contributed by atoms with Crippen molar-refractivity contribution < 1.29 is 4.79 Å². The van der Waals surface area contributed by atoms with Crippen molar-refractivity contribution in [2.24, 2.45) is 5.73 Å². The SMILES string of the molecule is CCC(CC)NC(=O)CN(C)C(CC)(CC)CN. The number of likely N-dealkylation sites (N-methyl/N-ethyl adjacent to an activating group) is 1. The van der Waals surface area contributed by atoms with Gasteiger partial charge in [0, 0.05) is 18.1 Å². The van der Waals surface area contributed by atoms with Crippen LogP contribution in [0.2, 0.25) is 0 Å². The zero-order chi connectivity index (χ0) is 14.2. The Bertz CT molecular complexity index is 227. The summed E-state index contributed by atoms with van der Waals surface area (Å²) in [5.74, 6) is 0.103. The average Bonchev–Trinajstić information content (AvgIpc) is 2.38. The molecule has 3 N–H and O–H groups in total. The Morgan fingerprint density at radius 3 is 2.06 bits per heavy atom. The standard InChI is InChI=1S/C14H31N3O/c1-6-12(7-2)16-13(18)10-17(5)14(8-3,9-4)11-15/h12H,6-11,15H2,1-5H3,(H,16,18). The molecule has 0 saturated heterocycles. The summed E-state index contributed by atoms with van der Waals surface area (Å²) < 4.78 is 0. The Morgan fingerprint density at radius 2 is 1.72 bits per heavy atom. The van der Waals surface area contributed by atoms with E-state index >= 15 is 0 Å². The molecule has 1 amide bonds. The van der Waals surface area contributed by atoms with Crippen molar-refractivity contribution in [2.75, 3.05) is 20.1 Å². The van der Waals surface area contributed by atoms with Crippen molar-refractivity contribution in [3.63, 3.8) is 0 Å². The van der Waals surface area contributed by atoms with E-state index in [0.29, 0.717) is 19.1 Å². The fourth-order valence-electron chi connectivity index (χ4n) is 2.38. The maximum Gasteiger partial charge on any atom is 0.234 e. The number of nitrogens with two attached hydrogens (primary N) is 1. The van der Waals surface area contributed by atoms with Crippen LogP contribution in [0.5, 0.6) is 0 Å². The molecule has 4 nitrogen and oxygen atoms in total. The van der Waals surface area contributed by atoms with Crippen LogP contribution in [0.15, 0.2) is 0 Å². The summed E-state index contributed by atoms with van der Waals surface area (Å²) >= 11 is 0. The number of carbonyl (C=O) groups excluding carboxylic acids is 1. The first kappa shape index (κ1) is 17.4. The first-order valence-corrected chi connectivity index (χ1v) is 7.20. The van der Waals surface area contributed by atoms with Gasteiger partial charge >= 0.3 is 0 Å². The number of hydrogen-bond donors (Lipinski definition) is 2. The molecule has 0 radical (unpaired) electrons. The fourth-order valence-corrected chi connectivity index (χ4v) is 2.38. The van der Waals surface area contributed by atoms with Gasteiger partial charge in [-0.3, -0.25) is 9.69 Å². The Hall–Kier alpha value is -0.610. The Balaban J connectivity index is 4.45. The molecular weight excluding hydrogens is 226 g/mol. The summed E-state index contributed by atoms with van der Waals surface area (Å²) in [6.45, 7) is 9.47. The van der Waals surface area contributed by atoms with Crippen LogP contribution >= 0.6 is 0 Å². The highest BCUT2D eigenvalue weighted by atomic mass is 16.2. The van der Waals surface area contributed by atoms with Gasteiger partial charge in [0.15, 0.2) is 0 Å². The van der Waals surface area contributed by atoms with Crippen molar-refractivity contribution in [3.05, 3.63) is 0 Å². The second-order valence-electron chi connectivity index (χ2n) is 5.07. The molecule has 0 aromatic rings. The topological polar surface area (TPSA) is 58.4 Å². The molecule has 0 bridgehead atoms. The lowest BCUT2D eigenvalue weighted by Gasteiger charge is -2.39. The van der Waals surface area contributed by atoms with E-state index in [1.807, 2.05) is 7.05 Å². The van der Waals surface area contributed by atoms with Gasteiger partial charge in [-0.25, -0.2) is 0 Å². The Morgan fingerprint density at radius 1 is 1.22 bits per heavy atom. The molecule has 0 rings (SSSR count). The van der Waals surface area contributed by atoms with Gasteiger partial charge < -0.3 is 11.1 Å². The van der Waals surface area contributed by atoms with Crippen LogP contribution in [-0.4, -0.2) is 42.5 Å². The first-order valence-electron chi connectivity index (χ1n) is 7.20. The van der Waals surface area contributed by atoms with Crippen molar-refractivity contribution in [1.29, 1.82) is 0 Å². The molecule has 0 fully saturated rings. The lowest BCUT2D eigenvalue weighted by molar-refractivity contribution is -0.124. The Labute approximate surface area is 112 Å². The van der Waals surface area contributed by atoms with Crippen LogP contribution in [0, 0.1) is 0 Å². The molecule has 0 aliphatic carbocycles. The third-order valence-electron chi connectivity index (χ3n) is 4.24. The van der Waals surface area contributed by atoms with E-state index in [-0.39, 0.29) is 11.4 Å². The number of carbonyl (C=O) groups is 1. The molecule has 0 aliphatic heterocycles. The predicted molar refractivity (Wildman–Crippen MR) is 77.5 cm³/mol. The third kappa shape index (κ3) is 4.58. The van der Waals surface area contributed by atoms with E-state index in [4.69, 9.17) is 5.73 Å². The summed E-state index contributed by atoms with van der Waals surface area (Å²) in [5.41, 5.74) is 5.84. The number of nitrogens with zero attached hydrogens (tertiary/aromatic N) is 1. The smallest absolute Gasteiger partial charge is 0.234 e. The molecule has 108 valence electrons. The van der Waals surface area contributed by atoms with Gasteiger partial charge in [-0.05, 0) is 32.7 Å². The van der Waals surface area contributed by atoms with Crippen LogP contribution in [0.4, 0.5) is 0 Å². The van der Waals surface area contributed by atoms with Gasteiger partial charge in [0.25, 0.3) is 0 Å². The Kier molecular flexibility index (Phi) is 8.20. The van der Waals surface area contributed by atoms with E-state index < -0.39 is 0 Å². The minimum atomic E-state index is -0.0503. The number of nitrogens with one attached hydrogen (secondary N) is 1. The quantitative estimate of drug-likeness (QED) is 0.661. The fraction of sp³-hybridized carbons (Fsp3) is 0.929. The van der Waals surface area contributed by atoms with E-state index in [1.165, 1.54) is 0 Å². The molecule has 18 heavy (non-hydrogen) atoms. The average molecular weight is 257 g/mol. The second-order valence-corrected chi connectivity index (χ2v) is 5.07. The van der Waals surface area contributed by atoms with E-state index in [2.05, 4.69) is 37.9 Å². The molecule has 4 heteroatoms. The number of amides is 1. The highest BCUT2D eigenvalue weighted by Crippen LogP contribution is 2.20. The number of rotatable bonds is 9. The largest absolute Gasteiger partial charge is 0.352 e. The zero-order valence-electron chi connectivity index (χ0n) is 12.8. The van der Waals surface area contributed by atoms with Gasteiger partial charge in [-0.1, -0.05) is 27.7 Å². The van der Waals surface area contributed by atoms with Crippen molar-refractivity contribution >= 4 is 5.91 Å². The molecule has 0 aromatic heterocycles. The summed E-state index contributed by atoms with van der Waals surface area (Å²) in [6, 6.07) is 0.293. The van der Waals surface area contributed by atoms with E-state index in [1.54, 1.807) is 0 Å². The maximum absolute atomic E-state index is 12.0. The molecule has 0 heterocycles. The van der Waals surface area contributed by atoms with Crippen molar-refractivity contribution in [3.8, 4) is 0 Å². The van der Waals surface area contributed by atoms with Gasteiger partial charge in [-0.2, -0.15) is 0 Å². The monoisotopic (exact) mass is 257 g/mol. The summed E-state index contributed by atoms with van der Waals surface area (Å²) in [7, 11) is 1.99. The van der Waals surface area contributed by atoms with Gasteiger partial charge in [-0.15, -0.1) is 0 Å². The van der Waals surface area contributed by atoms with Gasteiger partial charge in [0.1, 0.15) is 0 Å². The number of hydrogen-bond acceptors (Lipinski definition) is 3. The molecule has 0 aliphatic rings. The molecule has 0 unspecified atom stereocenters. The van der Waals surface area contributed by atoms with Crippen molar-refractivity contribution in [1.82, 2.24) is 10.2 Å². The third-order valence-corrected chi connectivity index (χ3v) is 4.24. The molecule has 0 aromatic carbocycles. The molecule has 0 atom stereocenters. The molecular formula is C14H31N3O. The molecule has 0 spiro atoms. The maximum atomic E-state index is 12.0. The molecule has 0 saturated carbocycles. The summed E-state index contributed by atoms with van der Waals surface area (Å²) in [6.07, 6.45) is 3.90. The summed E-state index contributed by atoms with van der Waals surface area (Å²) in [5, 5.41) is 3.07. The lowest BCUT2D eigenvalue weighted by Crippen LogP contribution is -2.54. The highest BCUT2D eigenvalue weighted by Gasteiger charge is 2.30. The predicted octanol–water partition coefficient (Wildman–Crippen LogP) is 1.74. The van der Waals surface area contributed by atoms with Gasteiger partial charge in [0.2, 0.25) is 5.91 Å². The van der Waals surface area contributed by atoms with Crippen molar-refractivity contribution in [2.45, 2.75) is 65.0 Å². The lowest BCUT2D eigenvalue weighted by atomic mass is 9.91. The van der Waals surface area contributed by atoms with Crippen LogP contribution in [0.1, 0.15) is 53.4 Å². The van der Waals surface area contributed by atoms with Crippen LogP contribution in [-0.2, 0) is 4.79 Å².